The van der Waals surface area contributed by atoms with Crippen LogP contribution in [0.3, 0.4) is 0 Å². The Hall–Kier alpha value is -3.28. The van der Waals surface area contributed by atoms with Crippen LogP contribution in [0, 0.1) is 0 Å². The number of nitrogen functional groups attached to an aromatic ring is 1. The molecule has 0 radical (unpaired) electrons. The lowest BCUT2D eigenvalue weighted by molar-refractivity contribution is -0.142. The fourth-order valence-corrected chi connectivity index (χ4v) is 2.35. The van der Waals surface area contributed by atoms with Gasteiger partial charge < -0.3 is 20.5 Å². The fraction of sp³-hybridized carbons (Fsp3) is 0.385. The first-order chi connectivity index (χ1) is 15.4. The summed E-state index contributed by atoms with van der Waals surface area (Å²) in [4.78, 5) is 21.1. The van der Waals surface area contributed by atoms with Gasteiger partial charge in [0.25, 0.3) is 0 Å². The lowest BCUT2D eigenvalue weighted by Gasteiger charge is -2.06. The number of hydrogen-bond donors (Lipinski definition) is 2. The molecule has 0 bridgehead atoms. The molecule has 0 fully saturated rings. The highest BCUT2D eigenvalue weighted by molar-refractivity contribution is 5.81. The van der Waals surface area contributed by atoms with Gasteiger partial charge in [0.2, 0.25) is 0 Å². The highest BCUT2D eigenvalue weighted by Gasteiger charge is 2.00. The second-order valence-corrected chi connectivity index (χ2v) is 6.58. The number of nitrogens with two attached hydrogens (primary N) is 1. The fourth-order valence-electron chi connectivity index (χ4n) is 2.35. The van der Waals surface area contributed by atoms with E-state index in [2.05, 4.69) is 54.7 Å². The first-order valence-electron chi connectivity index (χ1n) is 11.0. The quantitative estimate of drug-likeness (QED) is 0.316. The third kappa shape index (κ3) is 14.7. The van der Waals surface area contributed by atoms with Gasteiger partial charge in [0.05, 0.1) is 19.6 Å². The van der Waals surface area contributed by atoms with Gasteiger partial charge in [0.15, 0.2) is 0 Å². The minimum atomic E-state index is -0.359. The number of hydrogen-bond acceptors (Lipinski definition) is 6. The maximum absolute atomic E-state index is 11.1. The van der Waals surface area contributed by atoms with Gasteiger partial charge in [-0.3, -0.25) is 4.79 Å². The number of esters is 2. The van der Waals surface area contributed by atoms with E-state index in [1.807, 2.05) is 31.2 Å². The highest BCUT2D eigenvalue weighted by atomic mass is 16.5. The van der Waals surface area contributed by atoms with Crippen LogP contribution in [0.1, 0.15) is 45.2 Å². The van der Waals surface area contributed by atoms with Gasteiger partial charge in [0.1, 0.15) is 0 Å². The molecule has 0 unspecified atom stereocenters. The Labute approximate surface area is 192 Å². The number of anilines is 2. The topological polar surface area (TPSA) is 90.6 Å². The molecule has 0 amide bonds. The Morgan fingerprint density at radius 2 is 1.38 bits per heavy atom. The summed E-state index contributed by atoms with van der Waals surface area (Å²) in [5.74, 6) is -0.511. The third-order valence-electron chi connectivity index (χ3n) is 4.17. The number of ether oxygens (including phenoxy) is 2. The number of rotatable bonds is 9. The van der Waals surface area contributed by atoms with E-state index >= 15 is 0 Å². The first kappa shape index (κ1) is 28.7. The van der Waals surface area contributed by atoms with Crippen LogP contribution in [0.15, 0.2) is 61.2 Å². The lowest BCUT2D eigenvalue weighted by Crippen LogP contribution is -2.11. The number of nitrogens with one attached hydrogen (secondary N) is 1. The molecular weight excluding hydrogens is 404 g/mol. The summed E-state index contributed by atoms with van der Waals surface area (Å²) in [5, 5.41) is 3.18. The van der Waals surface area contributed by atoms with Crippen molar-refractivity contribution in [3.8, 4) is 0 Å². The van der Waals surface area contributed by atoms with Gasteiger partial charge >= 0.3 is 11.9 Å². The molecule has 0 aliphatic heterocycles. The monoisotopic (exact) mass is 442 g/mol. The summed E-state index contributed by atoms with van der Waals surface area (Å²) < 4.78 is 9.27. The largest absolute Gasteiger partial charge is 0.466 e. The minimum Gasteiger partial charge on any atom is -0.466 e. The number of aryl methyl sites for hydroxylation is 2. The molecule has 0 atom stereocenters. The molecule has 0 aliphatic rings. The molecule has 0 saturated carbocycles. The van der Waals surface area contributed by atoms with Crippen molar-refractivity contribution in [2.45, 2.75) is 47.0 Å². The molecule has 0 aromatic heterocycles. The summed E-state index contributed by atoms with van der Waals surface area (Å²) in [6.07, 6.45) is 3.68. The van der Waals surface area contributed by atoms with E-state index in [-0.39, 0.29) is 11.9 Å². The van der Waals surface area contributed by atoms with Gasteiger partial charge in [0, 0.05) is 24.0 Å². The smallest absolute Gasteiger partial charge is 0.330 e. The molecule has 2 aromatic rings. The molecule has 0 aliphatic carbocycles. The Morgan fingerprint density at radius 3 is 1.78 bits per heavy atom. The zero-order valence-electron chi connectivity index (χ0n) is 19.9. The lowest BCUT2D eigenvalue weighted by atomic mass is 10.1. The van der Waals surface area contributed by atoms with Crippen LogP contribution in [0.2, 0.25) is 0 Å². The molecule has 0 saturated heterocycles. The second-order valence-electron chi connectivity index (χ2n) is 6.58. The van der Waals surface area contributed by atoms with Crippen LogP contribution >= 0.6 is 0 Å². The van der Waals surface area contributed by atoms with E-state index in [4.69, 9.17) is 10.5 Å². The van der Waals surface area contributed by atoms with Crippen LogP contribution in [0.5, 0.6) is 0 Å². The van der Waals surface area contributed by atoms with E-state index in [0.29, 0.717) is 26.2 Å². The van der Waals surface area contributed by atoms with Crippen LogP contribution in [-0.2, 0) is 31.9 Å². The van der Waals surface area contributed by atoms with E-state index in [9.17, 15) is 9.59 Å². The molecule has 3 N–H and O–H groups in total. The Balaban J connectivity index is 0.000000506. The summed E-state index contributed by atoms with van der Waals surface area (Å²) in [7, 11) is 0. The van der Waals surface area contributed by atoms with Crippen LogP contribution < -0.4 is 11.1 Å². The third-order valence-corrected chi connectivity index (χ3v) is 4.17. The standard InChI is InChI=1S/C13H19NO2.C8H11N.C5H8O2/c1-3-11-5-7-12(8-6-11)14-10-9-13(15)16-4-2;1-2-7-3-5-8(9)6-4-7;1-3-5(6)7-4-2/h5-8,14H,3-4,9-10H2,1-2H3;3-6H,2,9H2,1H3;3H,1,4H2,2H3. The van der Waals surface area contributed by atoms with Crippen molar-refractivity contribution in [2.24, 2.45) is 0 Å². The maximum Gasteiger partial charge on any atom is 0.330 e. The van der Waals surface area contributed by atoms with E-state index in [0.717, 1.165) is 30.3 Å². The van der Waals surface area contributed by atoms with Crippen molar-refractivity contribution in [1.29, 1.82) is 0 Å². The van der Waals surface area contributed by atoms with Crippen LogP contribution in [-0.4, -0.2) is 31.7 Å². The van der Waals surface area contributed by atoms with E-state index in [1.54, 1.807) is 6.92 Å². The Bertz CT molecular complexity index is 771. The van der Waals surface area contributed by atoms with Crippen molar-refractivity contribution in [2.75, 3.05) is 30.8 Å². The summed E-state index contributed by atoms with van der Waals surface area (Å²) in [6, 6.07) is 16.2. The first-order valence-corrected chi connectivity index (χ1v) is 11.0. The van der Waals surface area contributed by atoms with E-state index in [1.165, 1.54) is 11.1 Å². The highest BCUT2D eigenvalue weighted by Crippen LogP contribution is 2.09. The zero-order chi connectivity index (χ0) is 24.2. The Kier molecular flexibility index (Phi) is 16.6. The molecule has 0 heterocycles. The number of carbonyl (C=O) groups is 2. The average molecular weight is 443 g/mol. The minimum absolute atomic E-state index is 0.153. The van der Waals surface area contributed by atoms with Crippen molar-refractivity contribution in [3.05, 3.63) is 72.3 Å². The molecule has 2 rings (SSSR count). The summed E-state index contributed by atoms with van der Waals surface area (Å²) in [6.45, 7) is 12.5. The normalized spacial score (nSPS) is 9.25. The van der Waals surface area contributed by atoms with Crippen molar-refractivity contribution >= 4 is 23.3 Å². The molecule has 0 spiro atoms. The predicted octanol–water partition coefficient (Wildman–Crippen LogP) is 5.18. The molecule has 6 nitrogen and oxygen atoms in total. The van der Waals surface area contributed by atoms with Gasteiger partial charge in [-0.15, -0.1) is 0 Å². The van der Waals surface area contributed by atoms with Crippen molar-refractivity contribution < 1.29 is 19.1 Å². The molecule has 176 valence electrons. The van der Waals surface area contributed by atoms with Gasteiger partial charge in [-0.1, -0.05) is 44.7 Å². The Morgan fingerprint density at radius 1 is 0.875 bits per heavy atom. The van der Waals surface area contributed by atoms with Gasteiger partial charge in [-0.25, -0.2) is 4.79 Å². The SMILES string of the molecule is C=CC(=O)OCC.CCOC(=O)CCNc1ccc(CC)cc1.CCc1ccc(N)cc1. The average Bonchev–Trinajstić information content (AvgIpc) is 2.81. The van der Waals surface area contributed by atoms with Gasteiger partial charge in [-0.05, 0) is 62.1 Å². The molecule has 6 heteroatoms. The zero-order valence-corrected chi connectivity index (χ0v) is 19.9. The molecule has 32 heavy (non-hydrogen) atoms. The number of carbonyl (C=O) groups excluding carboxylic acids is 2. The maximum atomic E-state index is 11.1. The second kappa shape index (κ2) is 18.5. The van der Waals surface area contributed by atoms with Crippen LogP contribution in [0.4, 0.5) is 11.4 Å². The van der Waals surface area contributed by atoms with Gasteiger partial charge in [-0.2, -0.15) is 0 Å². The molecular formula is C26H38N2O4. The van der Waals surface area contributed by atoms with Crippen LogP contribution in [0.25, 0.3) is 0 Å². The predicted molar refractivity (Wildman–Crippen MR) is 133 cm³/mol. The molecule has 2 aromatic carbocycles. The van der Waals surface area contributed by atoms with Crippen molar-refractivity contribution in [3.63, 3.8) is 0 Å². The summed E-state index contributed by atoms with van der Waals surface area (Å²) in [5.41, 5.74) is 10.0. The summed E-state index contributed by atoms with van der Waals surface area (Å²) >= 11 is 0. The van der Waals surface area contributed by atoms with Crippen molar-refractivity contribution in [1.82, 2.24) is 0 Å². The number of benzene rings is 2. The van der Waals surface area contributed by atoms with E-state index < -0.39 is 0 Å².